The van der Waals surface area contributed by atoms with Crippen LogP contribution in [0.25, 0.3) is 0 Å². The number of nitrogens with zero attached hydrogens (tertiary/aromatic N) is 2. The molecule has 0 spiro atoms. The molecule has 2 bridgehead atoms. The minimum atomic E-state index is -0.424. The van der Waals surface area contributed by atoms with Gasteiger partial charge in [-0.1, -0.05) is 0 Å². The topological polar surface area (TPSA) is 71.7 Å². The van der Waals surface area contributed by atoms with Gasteiger partial charge in [0.2, 0.25) is 0 Å². The fraction of sp³-hybridized carbons (Fsp3) is 0.333. The van der Waals surface area contributed by atoms with E-state index in [9.17, 15) is 9.59 Å². The molecule has 2 saturated heterocycles. The van der Waals surface area contributed by atoms with Crippen LogP contribution in [0.3, 0.4) is 0 Å². The average molecular weight is 164 g/mol. The summed E-state index contributed by atoms with van der Waals surface area (Å²) in [6, 6.07) is 0. The second-order valence-electron chi connectivity index (χ2n) is 3.25. The Morgan fingerprint density at radius 1 is 1.08 bits per heavy atom. The Morgan fingerprint density at radius 3 is 2.58 bits per heavy atom. The quantitative estimate of drug-likeness (QED) is 0.451. The van der Waals surface area contributed by atoms with Crippen LogP contribution in [0, 0.1) is 0 Å². The van der Waals surface area contributed by atoms with Gasteiger partial charge in [-0.2, -0.15) is 0 Å². The zero-order valence-electron chi connectivity index (χ0n) is 5.87. The van der Waals surface area contributed by atoms with Crippen LogP contribution in [0.5, 0.6) is 0 Å². The zero-order chi connectivity index (χ0) is 8.03. The lowest BCUT2D eigenvalue weighted by Gasteiger charge is -1.98. The largest absolute Gasteiger partial charge is 0.327 e. The molecule has 0 saturated carbocycles. The molecule has 4 aliphatic rings. The normalized spacial score (nSPS) is 31.7. The van der Waals surface area contributed by atoms with Gasteiger partial charge >= 0.3 is 5.69 Å². The van der Waals surface area contributed by atoms with E-state index in [1.807, 2.05) is 9.80 Å². The van der Waals surface area contributed by atoms with Crippen molar-refractivity contribution in [3.8, 4) is 0 Å². The van der Waals surface area contributed by atoms with Crippen molar-refractivity contribution in [1.29, 1.82) is 0 Å². The highest BCUT2D eigenvalue weighted by molar-refractivity contribution is 5.92. The lowest BCUT2D eigenvalue weighted by molar-refractivity contribution is 1.02. The van der Waals surface area contributed by atoms with Crippen molar-refractivity contribution < 1.29 is 0 Å². The summed E-state index contributed by atoms with van der Waals surface area (Å²) in [4.78, 5) is 30.9. The number of anilines is 2. The first-order chi connectivity index (χ1) is 5.79. The molecule has 2 N–H and O–H groups in total. The first kappa shape index (κ1) is 5.02. The second kappa shape index (κ2) is 1.08. The summed E-state index contributed by atoms with van der Waals surface area (Å²) in [6.07, 6.45) is 0.776. The number of aromatic nitrogens is 2. The lowest BCUT2D eigenvalue weighted by Crippen LogP contribution is -2.22. The number of nitrogens with one attached hydrogen (secondary N) is 2. The summed E-state index contributed by atoms with van der Waals surface area (Å²) >= 11 is 0. The molecule has 2 fully saturated rings. The third-order valence-electron chi connectivity index (χ3n) is 2.64. The molecule has 0 aliphatic carbocycles. The maximum absolute atomic E-state index is 11.2. The Kier molecular flexibility index (Phi) is 0.451. The third kappa shape index (κ3) is 0.299. The van der Waals surface area contributed by atoms with Crippen molar-refractivity contribution in [2.45, 2.75) is 12.3 Å². The van der Waals surface area contributed by atoms with Crippen molar-refractivity contribution in [1.82, 2.24) is 9.97 Å². The van der Waals surface area contributed by atoms with Gasteiger partial charge in [0.05, 0.1) is 0 Å². The molecule has 0 unspecified atom stereocenters. The SMILES string of the molecule is O=c1[nH]c2c(c(=O)[nH]1)N1[C@@H]3[C@@H]1N23. The molecule has 6 nitrogen and oxygen atoms in total. The molecule has 5 rings (SSSR count). The van der Waals surface area contributed by atoms with Crippen LogP contribution < -0.4 is 21.0 Å². The molecule has 1 aromatic rings. The van der Waals surface area contributed by atoms with Gasteiger partial charge in [-0.25, -0.2) is 4.79 Å². The summed E-state index contributed by atoms with van der Waals surface area (Å²) in [7, 11) is 0. The van der Waals surface area contributed by atoms with Crippen LogP contribution in [0.4, 0.5) is 11.5 Å². The second-order valence-corrected chi connectivity index (χ2v) is 3.25. The molecule has 60 valence electrons. The van der Waals surface area contributed by atoms with E-state index < -0.39 is 5.69 Å². The Hall–Kier alpha value is -1.72. The summed E-state index contributed by atoms with van der Waals surface area (Å²) in [5, 5.41) is 0. The van der Waals surface area contributed by atoms with Crippen LogP contribution in [0.1, 0.15) is 0 Å². The molecular formula is C6H4N4O2. The molecule has 0 radical (unpaired) electrons. The maximum atomic E-state index is 11.2. The van der Waals surface area contributed by atoms with Crippen LogP contribution >= 0.6 is 0 Å². The zero-order valence-corrected chi connectivity index (χ0v) is 5.87. The Balaban J connectivity index is 2.21. The van der Waals surface area contributed by atoms with Crippen molar-refractivity contribution in [3.63, 3.8) is 0 Å². The lowest BCUT2D eigenvalue weighted by atomic mass is 10.5. The van der Waals surface area contributed by atoms with Crippen molar-refractivity contribution in [3.05, 3.63) is 20.8 Å². The summed E-state index contributed by atoms with van der Waals surface area (Å²) in [6.45, 7) is 0. The Labute approximate surface area is 65.4 Å². The van der Waals surface area contributed by atoms with E-state index in [0.29, 0.717) is 23.8 Å². The van der Waals surface area contributed by atoms with Gasteiger partial charge < -0.3 is 9.80 Å². The predicted molar refractivity (Wildman–Crippen MR) is 40.2 cm³/mol. The van der Waals surface area contributed by atoms with E-state index in [4.69, 9.17) is 0 Å². The fourth-order valence-corrected chi connectivity index (χ4v) is 2.03. The van der Waals surface area contributed by atoms with Gasteiger partial charge in [-0.15, -0.1) is 0 Å². The molecule has 2 atom stereocenters. The molecular weight excluding hydrogens is 160 g/mol. The number of H-pyrrole nitrogens is 2. The van der Waals surface area contributed by atoms with Crippen LogP contribution in [0.2, 0.25) is 0 Å². The highest BCUT2D eigenvalue weighted by Crippen LogP contribution is 2.63. The van der Waals surface area contributed by atoms with Gasteiger partial charge in [0.15, 0.2) is 0 Å². The number of rotatable bonds is 0. The maximum Gasteiger partial charge on any atom is 0.327 e. The van der Waals surface area contributed by atoms with Gasteiger partial charge in [0.1, 0.15) is 23.8 Å². The molecule has 0 amide bonds. The van der Waals surface area contributed by atoms with Crippen molar-refractivity contribution in [2.24, 2.45) is 0 Å². The van der Waals surface area contributed by atoms with E-state index in [2.05, 4.69) is 9.97 Å². The average Bonchev–Trinajstić information content (AvgIpc) is 2.80. The van der Waals surface area contributed by atoms with Crippen LogP contribution in [-0.4, -0.2) is 22.3 Å². The molecule has 0 aromatic carbocycles. The smallest absolute Gasteiger partial charge is 0.315 e. The van der Waals surface area contributed by atoms with Crippen LogP contribution in [0.15, 0.2) is 9.59 Å². The summed E-state index contributed by atoms with van der Waals surface area (Å²) in [5.41, 5.74) is -0.0715. The Morgan fingerprint density at radius 2 is 1.83 bits per heavy atom. The first-order valence-electron chi connectivity index (χ1n) is 3.72. The van der Waals surface area contributed by atoms with Gasteiger partial charge in [0.25, 0.3) is 5.56 Å². The molecule has 6 heteroatoms. The molecule has 5 heterocycles. The Bertz CT molecular complexity index is 505. The fourth-order valence-electron chi connectivity index (χ4n) is 2.03. The molecule has 12 heavy (non-hydrogen) atoms. The van der Waals surface area contributed by atoms with E-state index in [1.54, 1.807) is 0 Å². The number of aromatic amines is 2. The molecule has 1 aromatic heterocycles. The minimum absolute atomic E-state index is 0.277. The third-order valence-corrected chi connectivity index (χ3v) is 2.64. The number of hydrogen-bond acceptors (Lipinski definition) is 4. The number of hydrogen-bond donors (Lipinski definition) is 2. The van der Waals surface area contributed by atoms with Crippen molar-refractivity contribution >= 4 is 11.5 Å². The first-order valence-corrected chi connectivity index (χ1v) is 3.72. The van der Waals surface area contributed by atoms with Gasteiger partial charge in [-0.3, -0.25) is 14.8 Å². The van der Waals surface area contributed by atoms with E-state index in [1.165, 1.54) is 0 Å². The highest BCUT2D eigenvalue weighted by atomic mass is 16.2. The van der Waals surface area contributed by atoms with Gasteiger partial charge in [0, 0.05) is 0 Å². The highest BCUT2D eigenvalue weighted by Gasteiger charge is 2.79. The van der Waals surface area contributed by atoms with E-state index >= 15 is 0 Å². The van der Waals surface area contributed by atoms with Crippen molar-refractivity contribution in [2.75, 3.05) is 9.80 Å². The predicted octanol–water partition coefficient (Wildman–Crippen LogP) is -1.63. The van der Waals surface area contributed by atoms with E-state index in [-0.39, 0.29) is 5.56 Å². The monoisotopic (exact) mass is 164 g/mol. The van der Waals surface area contributed by atoms with E-state index in [0.717, 1.165) is 0 Å². The summed E-state index contributed by atoms with van der Waals surface area (Å²) < 4.78 is 0. The van der Waals surface area contributed by atoms with Crippen LogP contribution in [-0.2, 0) is 0 Å². The molecule has 4 aliphatic heterocycles. The summed E-state index contributed by atoms with van der Waals surface area (Å²) in [5.74, 6) is 0.693. The standard InChI is InChI=1S/C6H4N4O2/c11-3-1-2(7-6(12)8-3)10-4-5(10)9(1)4/h4-5H,(H2,7,8,11,12)/t4-,5-,9?,10?/m0/s1. The van der Waals surface area contributed by atoms with Gasteiger partial charge in [-0.05, 0) is 0 Å². The minimum Gasteiger partial charge on any atom is -0.315 e.